The number of thiazole rings is 1. The summed E-state index contributed by atoms with van der Waals surface area (Å²) < 4.78 is 1.17. The molecule has 94 valence electrons. The van der Waals surface area contributed by atoms with E-state index in [1.54, 1.807) is 0 Å². The van der Waals surface area contributed by atoms with Crippen molar-refractivity contribution in [3.8, 4) is 0 Å². The first-order chi connectivity index (χ1) is 8.70. The highest BCUT2D eigenvalue weighted by molar-refractivity contribution is 7.71. The van der Waals surface area contributed by atoms with E-state index >= 15 is 0 Å². The molecule has 3 rings (SSSR count). The Hall–Kier alpha value is -0.820. The summed E-state index contributed by atoms with van der Waals surface area (Å²) in [6.45, 7) is 2.79. The van der Waals surface area contributed by atoms with Gasteiger partial charge < -0.3 is 4.98 Å². The minimum Gasteiger partial charge on any atom is -0.334 e. The zero-order valence-electron chi connectivity index (χ0n) is 9.52. The quantitative estimate of drug-likeness (QED) is 0.866. The van der Waals surface area contributed by atoms with Gasteiger partial charge in [0.15, 0.2) is 9.24 Å². The Kier molecular flexibility index (Phi) is 3.43. The normalized spacial score (nSPS) is 15.6. The Bertz CT molecular complexity index is 622. The molecule has 0 fully saturated rings. The van der Waals surface area contributed by atoms with E-state index in [0.717, 1.165) is 26.1 Å². The van der Waals surface area contributed by atoms with Crippen molar-refractivity contribution in [1.29, 1.82) is 0 Å². The molecule has 7 heteroatoms. The second kappa shape index (κ2) is 5.05. The Morgan fingerprint density at radius 3 is 3.11 bits per heavy atom. The third kappa shape index (κ3) is 2.61. The van der Waals surface area contributed by atoms with Gasteiger partial charge in [-0.3, -0.25) is 4.90 Å². The lowest BCUT2D eigenvalue weighted by Gasteiger charge is -2.27. The average Bonchev–Trinajstić information content (AvgIpc) is 2.75. The summed E-state index contributed by atoms with van der Waals surface area (Å²) in [5, 5.41) is 0. The van der Waals surface area contributed by atoms with Gasteiger partial charge in [-0.05, 0) is 12.2 Å². The van der Waals surface area contributed by atoms with Gasteiger partial charge in [0.1, 0.15) is 0 Å². The number of nitrogens with zero attached hydrogens (tertiary/aromatic N) is 3. The number of aromatic nitrogens is 3. The Balaban J connectivity index is 1.75. The van der Waals surface area contributed by atoms with Gasteiger partial charge in [0.25, 0.3) is 0 Å². The summed E-state index contributed by atoms with van der Waals surface area (Å²) in [5.74, 6) is 0. The zero-order valence-corrected chi connectivity index (χ0v) is 11.9. The monoisotopic (exact) mass is 298 g/mol. The molecule has 0 bridgehead atoms. The summed E-state index contributed by atoms with van der Waals surface area (Å²) in [4.78, 5) is 14.9. The van der Waals surface area contributed by atoms with Crippen LogP contribution in [0.1, 0.15) is 16.1 Å². The lowest BCUT2D eigenvalue weighted by molar-refractivity contribution is 0.244. The molecule has 2 aromatic heterocycles. The average molecular weight is 299 g/mol. The molecule has 1 aliphatic rings. The summed E-state index contributed by atoms with van der Waals surface area (Å²) in [6, 6.07) is 0. The molecule has 2 aromatic rings. The number of halogens is 1. The van der Waals surface area contributed by atoms with Gasteiger partial charge >= 0.3 is 0 Å². The Labute approximate surface area is 119 Å². The van der Waals surface area contributed by atoms with Crippen LogP contribution in [0.3, 0.4) is 0 Å². The van der Waals surface area contributed by atoms with Crippen molar-refractivity contribution in [3.05, 3.63) is 37.8 Å². The number of H-pyrrole nitrogens is 1. The number of fused-ring (bicyclic) bond motifs is 1. The highest BCUT2D eigenvalue weighted by Crippen LogP contribution is 2.22. The van der Waals surface area contributed by atoms with Gasteiger partial charge in [0, 0.05) is 54.6 Å². The maximum absolute atomic E-state index is 5.84. The van der Waals surface area contributed by atoms with Crippen molar-refractivity contribution in [1.82, 2.24) is 19.9 Å². The van der Waals surface area contributed by atoms with Crippen LogP contribution in [0.15, 0.2) is 12.4 Å². The van der Waals surface area contributed by atoms with Gasteiger partial charge in [-0.2, -0.15) is 0 Å². The smallest absolute Gasteiger partial charge is 0.196 e. The van der Waals surface area contributed by atoms with Crippen LogP contribution in [0.5, 0.6) is 0 Å². The fourth-order valence-corrected chi connectivity index (χ4v) is 3.31. The van der Waals surface area contributed by atoms with Crippen molar-refractivity contribution in [2.24, 2.45) is 0 Å². The summed E-state index contributed by atoms with van der Waals surface area (Å²) in [6.07, 6.45) is 4.70. The zero-order chi connectivity index (χ0) is 12.5. The second-order valence-corrected chi connectivity index (χ2v) is 6.32. The van der Waals surface area contributed by atoms with Gasteiger partial charge in [-0.1, -0.05) is 11.6 Å². The van der Waals surface area contributed by atoms with Gasteiger partial charge in [0.2, 0.25) is 0 Å². The van der Waals surface area contributed by atoms with Crippen LogP contribution in [-0.2, 0) is 19.5 Å². The number of aromatic amines is 1. The lowest BCUT2D eigenvalue weighted by Crippen LogP contribution is -2.30. The molecule has 1 aliphatic heterocycles. The molecule has 4 nitrogen and oxygen atoms in total. The molecule has 0 atom stereocenters. The number of rotatable bonds is 2. The van der Waals surface area contributed by atoms with Crippen molar-refractivity contribution >= 4 is 35.2 Å². The van der Waals surface area contributed by atoms with E-state index in [4.69, 9.17) is 23.8 Å². The predicted molar refractivity (Wildman–Crippen MR) is 74.4 cm³/mol. The van der Waals surface area contributed by atoms with Crippen molar-refractivity contribution in [2.45, 2.75) is 19.5 Å². The van der Waals surface area contributed by atoms with E-state index in [1.165, 1.54) is 27.5 Å². The lowest BCUT2D eigenvalue weighted by atomic mass is 10.1. The number of hydrogen-bond acceptors (Lipinski definition) is 5. The van der Waals surface area contributed by atoms with E-state index in [0.29, 0.717) is 9.24 Å². The van der Waals surface area contributed by atoms with Crippen LogP contribution in [0.2, 0.25) is 4.47 Å². The van der Waals surface area contributed by atoms with E-state index in [2.05, 4.69) is 19.9 Å². The molecule has 0 amide bonds. The molecule has 3 heterocycles. The van der Waals surface area contributed by atoms with E-state index in [-0.39, 0.29) is 0 Å². The SMILES string of the molecule is S=c1ncc2c([nH]1)CCN(Cc1cnc(Cl)s1)C2. The number of nitrogens with one attached hydrogen (secondary N) is 1. The Morgan fingerprint density at radius 1 is 1.44 bits per heavy atom. The minimum atomic E-state index is 0.566. The van der Waals surface area contributed by atoms with E-state index < -0.39 is 0 Å². The van der Waals surface area contributed by atoms with Crippen LogP contribution in [-0.4, -0.2) is 26.4 Å². The Morgan fingerprint density at radius 2 is 2.33 bits per heavy atom. The fourth-order valence-electron chi connectivity index (χ4n) is 2.12. The minimum absolute atomic E-state index is 0.566. The highest BCUT2D eigenvalue weighted by Gasteiger charge is 2.17. The van der Waals surface area contributed by atoms with Crippen LogP contribution in [0.4, 0.5) is 0 Å². The molecule has 0 radical (unpaired) electrons. The molecule has 0 spiro atoms. The molecule has 0 aromatic carbocycles. The molecule has 0 saturated carbocycles. The van der Waals surface area contributed by atoms with Crippen LogP contribution in [0.25, 0.3) is 0 Å². The maximum Gasteiger partial charge on any atom is 0.196 e. The summed E-state index contributed by atoms with van der Waals surface area (Å²) in [7, 11) is 0. The first kappa shape index (κ1) is 12.2. The molecule has 1 N–H and O–H groups in total. The summed E-state index contributed by atoms with van der Waals surface area (Å²) in [5.41, 5.74) is 2.44. The topological polar surface area (TPSA) is 44.8 Å². The van der Waals surface area contributed by atoms with E-state index in [1.807, 2.05) is 12.4 Å². The third-order valence-corrected chi connectivity index (χ3v) is 4.27. The van der Waals surface area contributed by atoms with Crippen molar-refractivity contribution < 1.29 is 0 Å². The molecule has 18 heavy (non-hydrogen) atoms. The molecular formula is C11H11ClN4S2. The van der Waals surface area contributed by atoms with Gasteiger partial charge in [0.05, 0.1) is 0 Å². The molecular weight excluding hydrogens is 288 g/mol. The van der Waals surface area contributed by atoms with Crippen LogP contribution in [0, 0.1) is 4.77 Å². The van der Waals surface area contributed by atoms with Crippen molar-refractivity contribution in [3.63, 3.8) is 0 Å². The molecule has 0 unspecified atom stereocenters. The maximum atomic E-state index is 5.84. The predicted octanol–water partition coefficient (Wildman–Crippen LogP) is 2.81. The van der Waals surface area contributed by atoms with E-state index in [9.17, 15) is 0 Å². The second-order valence-electron chi connectivity index (χ2n) is 4.23. The summed E-state index contributed by atoms with van der Waals surface area (Å²) >= 11 is 12.4. The fraction of sp³-hybridized carbons (Fsp3) is 0.364. The van der Waals surface area contributed by atoms with Gasteiger partial charge in [-0.25, -0.2) is 9.97 Å². The van der Waals surface area contributed by atoms with Crippen LogP contribution >= 0.6 is 35.2 Å². The first-order valence-electron chi connectivity index (χ1n) is 5.60. The largest absolute Gasteiger partial charge is 0.334 e. The molecule has 0 saturated heterocycles. The first-order valence-corrected chi connectivity index (χ1v) is 7.20. The van der Waals surface area contributed by atoms with Gasteiger partial charge in [-0.15, -0.1) is 11.3 Å². The van der Waals surface area contributed by atoms with Crippen LogP contribution < -0.4 is 0 Å². The number of hydrogen-bond donors (Lipinski definition) is 1. The highest BCUT2D eigenvalue weighted by atomic mass is 35.5. The third-order valence-electron chi connectivity index (χ3n) is 2.96. The standard InChI is InChI=1S/C11H11ClN4S2/c12-10-13-4-8(18-10)6-16-2-1-9-7(5-16)3-14-11(17)15-9/h3-4H,1-2,5-6H2,(H,14,15,17). The molecule has 0 aliphatic carbocycles. The van der Waals surface area contributed by atoms with Crippen molar-refractivity contribution in [2.75, 3.05) is 6.54 Å².